The zero-order valence-electron chi connectivity index (χ0n) is 9.56. The first-order valence-corrected chi connectivity index (χ1v) is 5.28. The van der Waals surface area contributed by atoms with E-state index in [1.165, 1.54) is 0 Å². The van der Waals surface area contributed by atoms with Crippen molar-refractivity contribution in [2.45, 2.75) is 6.54 Å². The normalized spacial score (nSPS) is 10.1. The van der Waals surface area contributed by atoms with Gasteiger partial charge in [-0.1, -0.05) is 30.3 Å². The molecule has 1 aromatic carbocycles. The molecule has 0 unspecified atom stereocenters. The van der Waals surface area contributed by atoms with Crippen molar-refractivity contribution >= 4 is 5.91 Å². The van der Waals surface area contributed by atoms with Crippen molar-refractivity contribution in [1.82, 2.24) is 4.90 Å². The minimum atomic E-state index is -0.0547. The summed E-state index contributed by atoms with van der Waals surface area (Å²) in [6.07, 6.45) is 0. The van der Waals surface area contributed by atoms with Crippen LogP contribution in [0.1, 0.15) is 5.56 Å². The van der Waals surface area contributed by atoms with Crippen LogP contribution in [0.15, 0.2) is 30.3 Å². The van der Waals surface area contributed by atoms with Crippen LogP contribution in [0.4, 0.5) is 0 Å². The highest BCUT2D eigenvalue weighted by molar-refractivity contribution is 5.78. The van der Waals surface area contributed by atoms with Gasteiger partial charge >= 0.3 is 0 Å². The zero-order valence-corrected chi connectivity index (χ0v) is 9.56. The largest absolute Gasteiger partial charge is 0.383 e. The molecule has 0 aliphatic heterocycles. The van der Waals surface area contributed by atoms with Gasteiger partial charge in [-0.15, -0.1) is 0 Å². The Morgan fingerprint density at radius 2 is 2.06 bits per heavy atom. The lowest BCUT2D eigenvalue weighted by molar-refractivity contribution is -0.130. The van der Waals surface area contributed by atoms with E-state index in [0.29, 0.717) is 19.7 Å². The molecule has 1 aromatic rings. The summed E-state index contributed by atoms with van der Waals surface area (Å²) in [5.74, 6) is -0.0547. The average Bonchev–Trinajstić information content (AvgIpc) is 2.34. The maximum atomic E-state index is 11.6. The van der Waals surface area contributed by atoms with Crippen molar-refractivity contribution in [2.24, 2.45) is 5.73 Å². The topological polar surface area (TPSA) is 55.6 Å². The van der Waals surface area contributed by atoms with Crippen molar-refractivity contribution in [3.8, 4) is 0 Å². The van der Waals surface area contributed by atoms with Gasteiger partial charge in [-0.2, -0.15) is 0 Å². The monoisotopic (exact) mass is 222 g/mol. The van der Waals surface area contributed by atoms with Crippen LogP contribution in [-0.4, -0.2) is 37.6 Å². The van der Waals surface area contributed by atoms with Crippen molar-refractivity contribution in [2.75, 3.05) is 26.8 Å². The van der Waals surface area contributed by atoms with Crippen molar-refractivity contribution in [3.05, 3.63) is 35.9 Å². The van der Waals surface area contributed by atoms with Gasteiger partial charge in [-0.05, 0) is 5.56 Å². The molecule has 0 atom stereocenters. The Balaban J connectivity index is 2.59. The summed E-state index contributed by atoms with van der Waals surface area (Å²) in [5.41, 5.74) is 6.46. The lowest BCUT2D eigenvalue weighted by atomic mass is 10.2. The van der Waals surface area contributed by atoms with Gasteiger partial charge in [-0.25, -0.2) is 0 Å². The first kappa shape index (κ1) is 12.7. The second-order valence-corrected chi connectivity index (χ2v) is 3.50. The van der Waals surface area contributed by atoms with Crippen LogP contribution >= 0.6 is 0 Å². The van der Waals surface area contributed by atoms with E-state index in [2.05, 4.69) is 0 Å². The summed E-state index contributed by atoms with van der Waals surface area (Å²) < 4.78 is 4.97. The van der Waals surface area contributed by atoms with Crippen LogP contribution in [0.2, 0.25) is 0 Å². The van der Waals surface area contributed by atoms with Crippen molar-refractivity contribution in [1.29, 1.82) is 0 Å². The Hall–Kier alpha value is -1.39. The summed E-state index contributed by atoms with van der Waals surface area (Å²) in [4.78, 5) is 13.3. The molecule has 16 heavy (non-hydrogen) atoms. The first-order chi connectivity index (χ1) is 7.77. The van der Waals surface area contributed by atoms with Crippen molar-refractivity contribution in [3.63, 3.8) is 0 Å². The van der Waals surface area contributed by atoms with E-state index >= 15 is 0 Å². The summed E-state index contributed by atoms with van der Waals surface area (Å²) in [6, 6.07) is 9.84. The lowest BCUT2D eigenvalue weighted by Crippen LogP contribution is -2.37. The molecule has 2 N–H and O–H groups in total. The highest BCUT2D eigenvalue weighted by Gasteiger charge is 2.11. The molecule has 0 saturated heterocycles. The molecular weight excluding hydrogens is 204 g/mol. The molecule has 0 aromatic heterocycles. The van der Waals surface area contributed by atoms with Crippen LogP contribution in [0.25, 0.3) is 0 Å². The molecule has 1 rings (SSSR count). The summed E-state index contributed by atoms with van der Waals surface area (Å²) in [7, 11) is 1.62. The molecule has 0 radical (unpaired) electrons. The maximum Gasteiger partial charge on any atom is 0.236 e. The van der Waals surface area contributed by atoms with Gasteiger partial charge in [0, 0.05) is 20.2 Å². The molecule has 4 nitrogen and oxygen atoms in total. The number of nitrogens with zero attached hydrogens (tertiary/aromatic N) is 1. The van der Waals surface area contributed by atoms with E-state index in [9.17, 15) is 4.79 Å². The minimum absolute atomic E-state index is 0.0382. The van der Waals surface area contributed by atoms with E-state index in [1.807, 2.05) is 30.3 Å². The Bertz CT molecular complexity index is 314. The number of carbonyl (C=O) groups excluding carboxylic acids is 1. The third kappa shape index (κ3) is 4.00. The van der Waals surface area contributed by atoms with Gasteiger partial charge in [0.25, 0.3) is 0 Å². The van der Waals surface area contributed by atoms with E-state index in [-0.39, 0.29) is 12.5 Å². The van der Waals surface area contributed by atoms with E-state index in [0.717, 1.165) is 5.56 Å². The number of benzene rings is 1. The summed E-state index contributed by atoms with van der Waals surface area (Å²) >= 11 is 0. The fourth-order valence-electron chi connectivity index (χ4n) is 1.43. The predicted octanol–water partition coefficient (Wildman–Crippen LogP) is 0.620. The van der Waals surface area contributed by atoms with E-state index in [4.69, 9.17) is 10.5 Å². The Morgan fingerprint density at radius 1 is 1.38 bits per heavy atom. The molecule has 0 aliphatic carbocycles. The van der Waals surface area contributed by atoms with Crippen LogP contribution in [0, 0.1) is 0 Å². The highest BCUT2D eigenvalue weighted by atomic mass is 16.5. The SMILES string of the molecule is COCCN(Cc1ccccc1)C(=O)CN. The number of rotatable bonds is 6. The van der Waals surface area contributed by atoms with Gasteiger partial charge in [-0.3, -0.25) is 4.79 Å². The minimum Gasteiger partial charge on any atom is -0.383 e. The standard InChI is InChI=1S/C12H18N2O2/c1-16-8-7-14(12(15)9-13)10-11-5-3-2-4-6-11/h2-6H,7-10,13H2,1H3. The highest BCUT2D eigenvalue weighted by Crippen LogP contribution is 2.04. The fourth-order valence-corrected chi connectivity index (χ4v) is 1.43. The van der Waals surface area contributed by atoms with Crippen LogP contribution in [-0.2, 0) is 16.1 Å². The second kappa shape index (κ2) is 6.98. The van der Waals surface area contributed by atoms with Crippen LogP contribution in [0.5, 0.6) is 0 Å². The first-order valence-electron chi connectivity index (χ1n) is 5.28. The fraction of sp³-hybridized carbons (Fsp3) is 0.417. The molecule has 0 heterocycles. The molecule has 0 spiro atoms. The summed E-state index contributed by atoms with van der Waals surface area (Å²) in [6.45, 7) is 1.72. The number of ether oxygens (including phenoxy) is 1. The Labute approximate surface area is 96.0 Å². The average molecular weight is 222 g/mol. The molecular formula is C12H18N2O2. The molecule has 4 heteroatoms. The number of hydrogen-bond acceptors (Lipinski definition) is 3. The number of carbonyl (C=O) groups is 1. The molecule has 0 aliphatic rings. The van der Waals surface area contributed by atoms with Crippen LogP contribution in [0.3, 0.4) is 0 Å². The molecule has 88 valence electrons. The Morgan fingerprint density at radius 3 is 2.62 bits per heavy atom. The third-order valence-corrected chi connectivity index (χ3v) is 2.31. The molecule has 1 amide bonds. The van der Waals surface area contributed by atoms with Gasteiger partial charge in [0.15, 0.2) is 0 Å². The van der Waals surface area contributed by atoms with E-state index in [1.54, 1.807) is 12.0 Å². The zero-order chi connectivity index (χ0) is 11.8. The third-order valence-electron chi connectivity index (χ3n) is 2.31. The second-order valence-electron chi connectivity index (χ2n) is 3.50. The smallest absolute Gasteiger partial charge is 0.236 e. The number of amides is 1. The van der Waals surface area contributed by atoms with Gasteiger partial charge in [0.05, 0.1) is 13.2 Å². The predicted molar refractivity (Wildman–Crippen MR) is 62.8 cm³/mol. The maximum absolute atomic E-state index is 11.6. The van der Waals surface area contributed by atoms with Crippen LogP contribution < -0.4 is 5.73 Å². The van der Waals surface area contributed by atoms with Gasteiger partial charge in [0.1, 0.15) is 0 Å². The number of nitrogens with two attached hydrogens (primary N) is 1. The Kier molecular flexibility index (Phi) is 5.53. The summed E-state index contributed by atoms with van der Waals surface area (Å²) in [5, 5.41) is 0. The van der Waals surface area contributed by atoms with Gasteiger partial charge in [0.2, 0.25) is 5.91 Å². The molecule has 0 saturated carbocycles. The molecule has 0 bridgehead atoms. The number of methoxy groups -OCH3 is 1. The number of hydrogen-bond donors (Lipinski definition) is 1. The quantitative estimate of drug-likeness (QED) is 0.767. The van der Waals surface area contributed by atoms with E-state index < -0.39 is 0 Å². The molecule has 0 fully saturated rings. The van der Waals surface area contributed by atoms with Crippen molar-refractivity contribution < 1.29 is 9.53 Å². The lowest BCUT2D eigenvalue weighted by Gasteiger charge is -2.21. The van der Waals surface area contributed by atoms with Gasteiger partial charge < -0.3 is 15.4 Å².